The van der Waals surface area contributed by atoms with Crippen molar-refractivity contribution in [3.05, 3.63) is 22.4 Å². The van der Waals surface area contributed by atoms with Gasteiger partial charge in [-0.3, -0.25) is 9.59 Å². The lowest BCUT2D eigenvalue weighted by Crippen LogP contribution is -2.36. The first-order chi connectivity index (χ1) is 8.09. The number of nitrogens with two attached hydrogens (primary N) is 1. The maximum atomic E-state index is 11.5. The van der Waals surface area contributed by atoms with Gasteiger partial charge < -0.3 is 16.4 Å². The molecular weight excluding hydrogens is 238 g/mol. The van der Waals surface area contributed by atoms with Gasteiger partial charge >= 0.3 is 0 Å². The van der Waals surface area contributed by atoms with Crippen molar-refractivity contribution in [2.45, 2.75) is 19.4 Å². The van der Waals surface area contributed by atoms with E-state index in [0.717, 1.165) is 0 Å². The molecule has 17 heavy (non-hydrogen) atoms. The van der Waals surface area contributed by atoms with Crippen molar-refractivity contribution in [1.82, 2.24) is 10.6 Å². The molecule has 1 heterocycles. The molecule has 0 bridgehead atoms. The Hall–Kier alpha value is -1.40. The van der Waals surface area contributed by atoms with E-state index in [1.165, 1.54) is 11.3 Å². The van der Waals surface area contributed by atoms with Gasteiger partial charge in [-0.05, 0) is 18.4 Å². The van der Waals surface area contributed by atoms with Crippen LogP contribution in [0.4, 0.5) is 0 Å². The maximum Gasteiger partial charge on any atom is 0.261 e. The molecule has 0 radical (unpaired) electrons. The molecule has 1 unspecified atom stereocenters. The summed E-state index contributed by atoms with van der Waals surface area (Å²) in [5.41, 5.74) is 5.48. The van der Waals surface area contributed by atoms with E-state index in [9.17, 15) is 9.59 Å². The van der Waals surface area contributed by atoms with Crippen LogP contribution in [0.25, 0.3) is 0 Å². The summed E-state index contributed by atoms with van der Waals surface area (Å²) in [7, 11) is 0. The van der Waals surface area contributed by atoms with Gasteiger partial charge in [0.05, 0.1) is 4.88 Å². The second kappa shape index (κ2) is 7.03. The van der Waals surface area contributed by atoms with E-state index in [0.29, 0.717) is 24.4 Å². The number of hydrogen-bond donors (Lipinski definition) is 3. The Labute approximate surface area is 104 Å². The standard InChI is InChI=1S/C11H17N3O2S/c1-8(12)7-10(15)13-4-5-14-11(16)9-3-2-6-17-9/h2-3,6,8H,4-5,7,12H2,1H3,(H,13,15)(H,14,16). The fraction of sp³-hybridized carbons (Fsp3) is 0.455. The van der Waals surface area contributed by atoms with Crippen LogP contribution in [-0.4, -0.2) is 30.9 Å². The number of nitrogens with one attached hydrogen (secondary N) is 2. The summed E-state index contributed by atoms with van der Waals surface area (Å²) in [6.07, 6.45) is 0.304. The minimum Gasteiger partial charge on any atom is -0.354 e. The Morgan fingerprint density at radius 2 is 2.12 bits per heavy atom. The third-order valence-corrected chi connectivity index (χ3v) is 2.85. The fourth-order valence-electron chi connectivity index (χ4n) is 1.24. The Bertz CT molecular complexity index is 363. The van der Waals surface area contributed by atoms with E-state index in [-0.39, 0.29) is 17.9 Å². The first-order valence-corrected chi connectivity index (χ1v) is 6.31. The number of carbonyl (C=O) groups is 2. The lowest BCUT2D eigenvalue weighted by atomic mass is 10.2. The molecule has 0 spiro atoms. The lowest BCUT2D eigenvalue weighted by molar-refractivity contribution is -0.121. The van der Waals surface area contributed by atoms with Gasteiger partial charge in [0.25, 0.3) is 5.91 Å². The number of amides is 2. The van der Waals surface area contributed by atoms with E-state index in [1.54, 1.807) is 13.0 Å². The smallest absolute Gasteiger partial charge is 0.261 e. The van der Waals surface area contributed by atoms with Crippen LogP contribution < -0.4 is 16.4 Å². The first kappa shape index (κ1) is 13.7. The van der Waals surface area contributed by atoms with Crippen molar-refractivity contribution >= 4 is 23.2 Å². The molecule has 1 atom stereocenters. The van der Waals surface area contributed by atoms with Crippen LogP contribution in [0.5, 0.6) is 0 Å². The van der Waals surface area contributed by atoms with Crippen LogP contribution in [0.15, 0.2) is 17.5 Å². The van der Waals surface area contributed by atoms with Gasteiger partial charge in [-0.25, -0.2) is 0 Å². The van der Waals surface area contributed by atoms with Crippen LogP contribution in [0.2, 0.25) is 0 Å². The van der Waals surface area contributed by atoms with Gasteiger partial charge in [0.1, 0.15) is 0 Å². The molecule has 6 heteroatoms. The monoisotopic (exact) mass is 255 g/mol. The molecule has 4 N–H and O–H groups in total. The number of hydrogen-bond acceptors (Lipinski definition) is 4. The third-order valence-electron chi connectivity index (χ3n) is 1.99. The zero-order valence-corrected chi connectivity index (χ0v) is 10.5. The van der Waals surface area contributed by atoms with E-state index in [4.69, 9.17) is 5.73 Å². The second-order valence-corrected chi connectivity index (χ2v) is 4.71. The van der Waals surface area contributed by atoms with E-state index < -0.39 is 0 Å². The summed E-state index contributed by atoms with van der Waals surface area (Å²) < 4.78 is 0. The number of carbonyl (C=O) groups excluding carboxylic acids is 2. The predicted molar refractivity (Wildman–Crippen MR) is 67.9 cm³/mol. The molecule has 1 aromatic rings. The molecule has 1 rings (SSSR count). The van der Waals surface area contributed by atoms with Crippen molar-refractivity contribution in [3.8, 4) is 0 Å². The normalized spacial score (nSPS) is 11.9. The van der Waals surface area contributed by atoms with Crippen LogP contribution in [0.3, 0.4) is 0 Å². The minimum atomic E-state index is -0.143. The zero-order valence-electron chi connectivity index (χ0n) is 9.73. The summed E-state index contributed by atoms with van der Waals surface area (Å²) in [6.45, 7) is 2.61. The highest BCUT2D eigenvalue weighted by molar-refractivity contribution is 7.12. The summed E-state index contributed by atoms with van der Waals surface area (Å²) in [5, 5.41) is 7.25. The molecular formula is C11H17N3O2S. The molecule has 0 aliphatic heterocycles. The van der Waals surface area contributed by atoms with Crippen LogP contribution in [-0.2, 0) is 4.79 Å². The van der Waals surface area contributed by atoms with E-state index in [2.05, 4.69) is 10.6 Å². The number of rotatable bonds is 6. The van der Waals surface area contributed by atoms with Crippen molar-refractivity contribution in [2.75, 3.05) is 13.1 Å². The number of thiophene rings is 1. The SMILES string of the molecule is CC(N)CC(=O)NCCNC(=O)c1cccs1. The highest BCUT2D eigenvalue weighted by Crippen LogP contribution is 2.07. The van der Waals surface area contributed by atoms with Crippen LogP contribution >= 0.6 is 11.3 Å². The summed E-state index contributed by atoms with van der Waals surface area (Å²) in [5.74, 6) is -0.202. The van der Waals surface area contributed by atoms with Crippen LogP contribution in [0, 0.1) is 0 Å². The topological polar surface area (TPSA) is 84.2 Å². The average molecular weight is 255 g/mol. The summed E-state index contributed by atoms with van der Waals surface area (Å²) in [4.78, 5) is 23.4. The molecule has 0 aromatic carbocycles. The second-order valence-electron chi connectivity index (χ2n) is 3.76. The molecule has 0 aliphatic rings. The van der Waals surface area contributed by atoms with Crippen molar-refractivity contribution in [3.63, 3.8) is 0 Å². The van der Waals surface area contributed by atoms with Gasteiger partial charge in [-0.1, -0.05) is 6.07 Å². The predicted octanol–water partition coefficient (Wildman–Crippen LogP) is 0.331. The molecule has 1 aromatic heterocycles. The van der Waals surface area contributed by atoms with Crippen molar-refractivity contribution in [2.24, 2.45) is 5.73 Å². The Morgan fingerprint density at radius 3 is 2.71 bits per heavy atom. The first-order valence-electron chi connectivity index (χ1n) is 5.43. The zero-order chi connectivity index (χ0) is 12.7. The third kappa shape index (κ3) is 5.46. The average Bonchev–Trinajstić information content (AvgIpc) is 2.76. The van der Waals surface area contributed by atoms with Crippen molar-refractivity contribution < 1.29 is 9.59 Å². The molecule has 0 aliphatic carbocycles. The van der Waals surface area contributed by atoms with Gasteiger partial charge in [-0.2, -0.15) is 0 Å². The molecule has 5 nitrogen and oxygen atoms in total. The molecule has 0 saturated heterocycles. The molecule has 0 saturated carbocycles. The Kier molecular flexibility index (Phi) is 5.65. The lowest BCUT2D eigenvalue weighted by Gasteiger charge is -2.07. The molecule has 2 amide bonds. The van der Waals surface area contributed by atoms with E-state index in [1.807, 2.05) is 11.4 Å². The van der Waals surface area contributed by atoms with Crippen molar-refractivity contribution in [1.29, 1.82) is 0 Å². The fourth-order valence-corrected chi connectivity index (χ4v) is 1.88. The summed E-state index contributed by atoms with van der Waals surface area (Å²) >= 11 is 1.39. The van der Waals surface area contributed by atoms with Gasteiger partial charge in [0, 0.05) is 25.6 Å². The molecule has 0 fully saturated rings. The largest absolute Gasteiger partial charge is 0.354 e. The Balaban J connectivity index is 2.12. The van der Waals surface area contributed by atoms with Crippen LogP contribution in [0.1, 0.15) is 23.0 Å². The van der Waals surface area contributed by atoms with E-state index >= 15 is 0 Å². The minimum absolute atomic E-state index is 0.0922. The van der Waals surface area contributed by atoms with Gasteiger partial charge in [-0.15, -0.1) is 11.3 Å². The van der Waals surface area contributed by atoms with Gasteiger partial charge in [0.2, 0.25) is 5.91 Å². The highest BCUT2D eigenvalue weighted by Gasteiger charge is 2.06. The summed E-state index contributed by atoms with van der Waals surface area (Å²) in [6, 6.07) is 3.44. The van der Waals surface area contributed by atoms with Gasteiger partial charge in [0.15, 0.2) is 0 Å². The molecule has 94 valence electrons. The quantitative estimate of drug-likeness (QED) is 0.641. The maximum absolute atomic E-state index is 11.5. The Morgan fingerprint density at radius 1 is 1.41 bits per heavy atom. The highest BCUT2D eigenvalue weighted by atomic mass is 32.1.